The first-order valence-electron chi connectivity index (χ1n) is 30.1. The van der Waals surface area contributed by atoms with Crippen LogP contribution in [0.3, 0.4) is 0 Å². The van der Waals surface area contributed by atoms with Crippen molar-refractivity contribution in [3.8, 4) is 0 Å². The van der Waals surface area contributed by atoms with Gasteiger partial charge in [-0.3, -0.25) is 5.01 Å². The van der Waals surface area contributed by atoms with Gasteiger partial charge in [-0.1, -0.05) is 156 Å². The summed E-state index contributed by atoms with van der Waals surface area (Å²) in [6, 6.07) is 0.622. The summed E-state index contributed by atoms with van der Waals surface area (Å²) >= 11 is 0. The van der Waals surface area contributed by atoms with Gasteiger partial charge in [-0.25, -0.2) is 5.84 Å². The number of ether oxygens (including phenoxy) is 3. The van der Waals surface area contributed by atoms with Crippen LogP contribution in [0.25, 0.3) is 0 Å². The average Bonchev–Trinajstić information content (AvgIpc) is 3.39. The number of aromatic nitrogens is 6. The van der Waals surface area contributed by atoms with E-state index in [1.165, 1.54) is 128 Å². The van der Waals surface area contributed by atoms with E-state index in [2.05, 4.69) is 54.3 Å². The van der Waals surface area contributed by atoms with Crippen molar-refractivity contribution in [1.82, 2.24) is 29.9 Å². The normalized spacial score (nSPS) is 18.0. The highest BCUT2D eigenvalue weighted by atomic mass is 16.5. The molecule has 414 valence electrons. The van der Waals surface area contributed by atoms with Crippen molar-refractivity contribution < 1.29 is 14.2 Å². The number of nitrogens with two attached hydrogens (primary N) is 1. The number of unbranched alkanes of at least 4 members (excludes halogenated alkanes) is 20. The molecule has 2 heterocycles. The number of hydrogen-bond acceptors (Lipinski definition) is 16. The molecule has 0 amide bonds. The summed E-state index contributed by atoms with van der Waals surface area (Å²) in [4.78, 5) is 28.6. The molecule has 2 aromatic rings. The largest absolute Gasteiger partial charge is 0.381 e. The second kappa shape index (κ2) is 41.0. The van der Waals surface area contributed by atoms with Gasteiger partial charge in [0.05, 0.1) is 12.2 Å². The van der Waals surface area contributed by atoms with E-state index in [1.807, 2.05) is 0 Å². The van der Waals surface area contributed by atoms with Crippen LogP contribution in [-0.2, 0) is 14.2 Å². The summed E-state index contributed by atoms with van der Waals surface area (Å²) < 4.78 is 18.6. The van der Waals surface area contributed by atoms with E-state index in [9.17, 15) is 0 Å². The topological polar surface area (TPSA) is 194 Å². The summed E-state index contributed by atoms with van der Waals surface area (Å²) in [5.74, 6) is 10.3. The first-order chi connectivity index (χ1) is 35.5. The summed E-state index contributed by atoms with van der Waals surface area (Å²) in [6.45, 7) is 15.3. The van der Waals surface area contributed by atoms with E-state index in [-0.39, 0.29) is 6.10 Å². The Balaban J connectivity index is 1.06. The first-order valence-corrected chi connectivity index (χ1v) is 30.1. The number of nitrogens with one attached hydrogen (secondary N) is 5. The molecule has 0 aliphatic heterocycles. The smallest absolute Gasteiger partial charge is 0.246 e. The molecular weight excluding hydrogens is 903 g/mol. The lowest BCUT2D eigenvalue weighted by Crippen LogP contribution is -2.35. The fourth-order valence-electron chi connectivity index (χ4n) is 9.75. The minimum atomic E-state index is 0.280. The second-order valence-corrected chi connectivity index (χ2v) is 20.9. The van der Waals surface area contributed by atoms with E-state index in [4.69, 9.17) is 50.0 Å². The van der Waals surface area contributed by atoms with Crippen LogP contribution < -0.4 is 37.4 Å². The highest BCUT2D eigenvalue weighted by Crippen LogP contribution is 2.26. The van der Waals surface area contributed by atoms with Gasteiger partial charge in [0.15, 0.2) is 0 Å². The van der Waals surface area contributed by atoms with Crippen LogP contribution in [0, 0.1) is 0 Å². The summed E-state index contributed by atoms with van der Waals surface area (Å²) in [5, 5.41) is 19.4. The van der Waals surface area contributed by atoms with E-state index in [1.54, 1.807) is 5.01 Å². The molecule has 4 rings (SSSR count). The molecule has 16 heteroatoms. The quantitative estimate of drug-likeness (QED) is 0.0208. The standard InChI is InChI=1S/C56H107N13O3/c1-5-9-13-17-21-25-39-58-51-63-52(59-40-26-22-18-14-10-6-2)65-54(64-51)61-47-31-35-49(36-32-47)71-45-29-43-70-44-30-46-72-50-37-33-48(34-38-50)62-55-66-53(60-41-27-23-19-15-11-7-3)67-56(68-55)69(57)42-28-24-20-16-12-8-4/h47-50H,5-46,57H2,1-4H3,(H2,60,62,66,67,68)(H3,58,59,61,63,64,65). The maximum absolute atomic E-state index is 6.53. The second-order valence-electron chi connectivity index (χ2n) is 20.9. The molecule has 0 atom stereocenters. The molecule has 7 N–H and O–H groups in total. The minimum absolute atomic E-state index is 0.280. The van der Waals surface area contributed by atoms with Crippen LogP contribution in [0.4, 0.5) is 35.7 Å². The van der Waals surface area contributed by atoms with E-state index < -0.39 is 0 Å². The molecule has 2 aromatic heterocycles. The Morgan fingerprint density at radius 3 is 1.14 bits per heavy atom. The molecule has 2 aliphatic carbocycles. The van der Waals surface area contributed by atoms with Crippen LogP contribution in [0.5, 0.6) is 0 Å². The van der Waals surface area contributed by atoms with Gasteiger partial charge in [-0.2, -0.15) is 29.9 Å². The lowest BCUT2D eigenvalue weighted by Gasteiger charge is -2.29. The van der Waals surface area contributed by atoms with Gasteiger partial charge in [0.25, 0.3) is 0 Å². The molecule has 0 bridgehead atoms. The van der Waals surface area contributed by atoms with Gasteiger partial charge in [0, 0.05) is 64.7 Å². The summed E-state index contributed by atoms with van der Waals surface area (Å²) in [5.41, 5.74) is 0. The van der Waals surface area contributed by atoms with E-state index in [0.717, 1.165) is 129 Å². The molecule has 0 unspecified atom stereocenters. The van der Waals surface area contributed by atoms with Gasteiger partial charge in [0.1, 0.15) is 0 Å². The Hall–Kier alpha value is -3.34. The Morgan fingerprint density at radius 1 is 0.389 bits per heavy atom. The molecule has 0 radical (unpaired) electrons. The minimum Gasteiger partial charge on any atom is -0.381 e. The number of anilines is 6. The highest BCUT2D eigenvalue weighted by molar-refractivity contribution is 5.44. The van der Waals surface area contributed by atoms with Crippen LogP contribution >= 0.6 is 0 Å². The van der Waals surface area contributed by atoms with Crippen molar-refractivity contribution in [2.75, 3.05) is 84.2 Å². The molecule has 2 aliphatic rings. The lowest BCUT2D eigenvalue weighted by molar-refractivity contribution is 0.000698. The molecular formula is C56H107N13O3. The number of hydrogen-bond donors (Lipinski definition) is 6. The Morgan fingerprint density at radius 2 is 0.722 bits per heavy atom. The zero-order valence-electron chi connectivity index (χ0n) is 46.4. The molecule has 0 saturated heterocycles. The number of nitrogens with zero attached hydrogens (tertiary/aromatic N) is 7. The van der Waals surface area contributed by atoms with Crippen LogP contribution in [0.15, 0.2) is 0 Å². The SMILES string of the molecule is CCCCCCCCNc1nc(NCCCCCCCC)nc(NC2CCC(OCCCOCCCOC3CCC(Nc4nc(NCCCCCCCC)nc(N(N)CCCCCCCC)n4)CC3)CC2)n1. The molecule has 0 spiro atoms. The Bertz CT molecular complexity index is 1540. The van der Waals surface area contributed by atoms with E-state index >= 15 is 0 Å². The van der Waals surface area contributed by atoms with Crippen molar-refractivity contribution in [2.24, 2.45) is 5.84 Å². The van der Waals surface area contributed by atoms with Crippen molar-refractivity contribution in [3.63, 3.8) is 0 Å². The maximum Gasteiger partial charge on any atom is 0.246 e. The van der Waals surface area contributed by atoms with Crippen molar-refractivity contribution in [1.29, 1.82) is 0 Å². The summed E-state index contributed by atoms with van der Waals surface area (Å²) in [7, 11) is 0. The van der Waals surface area contributed by atoms with Crippen LogP contribution in [0.2, 0.25) is 0 Å². The molecule has 0 aromatic carbocycles. The van der Waals surface area contributed by atoms with Gasteiger partial charge < -0.3 is 40.8 Å². The monoisotopic (exact) mass is 1010 g/mol. The average molecular weight is 1010 g/mol. The third-order valence-corrected chi connectivity index (χ3v) is 14.3. The predicted octanol–water partition coefficient (Wildman–Crippen LogP) is 13.4. The van der Waals surface area contributed by atoms with E-state index in [0.29, 0.717) is 67.1 Å². The fraction of sp³-hybridized carbons (Fsp3) is 0.893. The highest BCUT2D eigenvalue weighted by Gasteiger charge is 2.24. The van der Waals surface area contributed by atoms with Crippen molar-refractivity contribution >= 4 is 35.7 Å². The van der Waals surface area contributed by atoms with Crippen molar-refractivity contribution in [3.05, 3.63) is 0 Å². The van der Waals surface area contributed by atoms with Crippen molar-refractivity contribution in [2.45, 2.75) is 270 Å². The third-order valence-electron chi connectivity index (χ3n) is 14.3. The predicted molar refractivity (Wildman–Crippen MR) is 301 cm³/mol. The van der Waals surface area contributed by atoms with Gasteiger partial charge >= 0.3 is 0 Å². The van der Waals surface area contributed by atoms with Crippen LogP contribution in [-0.4, -0.2) is 107 Å². The fourth-order valence-corrected chi connectivity index (χ4v) is 9.75. The lowest BCUT2D eigenvalue weighted by atomic mass is 9.93. The van der Waals surface area contributed by atoms with Crippen LogP contribution in [0.1, 0.15) is 246 Å². The molecule has 2 saturated carbocycles. The number of hydrazine groups is 1. The Labute approximate surface area is 438 Å². The Kier molecular flexibility index (Phi) is 34.8. The first kappa shape index (κ1) is 61.2. The molecule has 2 fully saturated rings. The van der Waals surface area contributed by atoms with Gasteiger partial charge in [-0.05, 0) is 89.9 Å². The maximum atomic E-state index is 6.53. The summed E-state index contributed by atoms with van der Waals surface area (Å²) in [6.07, 6.45) is 40.6. The van der Waals surface area contributed by atoms with Gasteiger partial charge in [-0.15, -0.1) is 0 Å². The zero-order chi connectivity index (χ0) is 50.9. The third kappa shape index (κ3) is 28.9. The van der Waals surface area contributed by atoms with Gasteiger partial charge in [0.2, 0.25) is 35.7 Å². The molecule has 72 heavy (non-hydrogen) atoms. The number of rotatable bonds is 46. The molecule has 16 nitrogen and oxygen atoms in total. The zero-order valence-corrected chi connectivity index (χ0v) is 46.4.